The number of aliphatic hydroxyl groups is 4. The maximum atomic E-state index is 12.1. The molecule has 0 bridgehead atoms. The molecule has 12 atom stereocenters. The van der Waals surface area contributed by atoms with Crippen molar-refractivity contribution in [2.24, 2.45) is 0 Å². The number of hydrogen-bond donors (Lipinski definition) is 8. The summed E-state index contributed by atoms with van der Waals surface area (Å²) in [5.74, 6) is -1.95. The fraction of sp³-hybridized carbons (Fsp3) is 1.00. The lowest BCUT2D eigenvalue weighted by molar-refractivity contribution is -0.0165. The molecule has 35 heavy (non-hydrogen) atoms. The van der Waals surface area contributed by atoms with Crippen LogP contribution in [0.15, 0.2) is 0 Å². The summed E-state index contributed by atoms with van der Waals surface area (Å²) in [5, 5.41) is 38.6. The topological polar surface area (TPSA) is 285 Å². The summed E-state index contributed by atoms with van der Waals surface area (Å²) in [6.07, 6.45) is -9.17. The van der Waals surface area contributed by atoms with Crippen LogP contribution >= 0.6 is 30.8 Å². The van der Waals surface area contributed by atoms with Gasteiger partial charge in [-0.25, -0.2) is 17.8 Å². The van der Waals surface area contributed by atoms with Crippen molar-refractivity contribution in [1.82, 2.24) is 0 Å². The second-order valence-corrected chi connectivity index (χ2v) is 15.2. The third-order valence-corrected chi connectivity index (χ3v) is 12.3. The fourth-order valence-electron chi connectivity index (χ4n) is 3.13. The van der Waals surface area contributed by atoms with E-state index in [1.54, 1.807) is 0 Å². The van der Waals surface area contributed by atoms with E-state index in [1.165, 1.54) is 14.8 Å². The zero-order chi connectivity index (χ0) is 27.0. The highest BCUT2D eigenvalue weighted by atomic mass is 31.3. The summed E-state index contributed by atoms with van der Waals surface area (Å²) in [4.78, 5) is 38.6. The molecule has 0 aromatic rings. The van der Waals surface area contributed by atoms with Crippen molar-refractivity contribution in [3.05, 3.63) is 0 Å². The molecule has 0 aromatic carbocycles. The Morgan fingerprint density at radius 3 is 1.46 bits per heavy atom. The second kappa shape index (κ2) is 11.7. The van der Waals surface area contributed by atoms with Crippen LogP contribution in [-0.2, 0) is 45.4 Å². The quantitative estimate of drug-likeness (QED) is 0.0835. The molecular weight excluding hydrogens is 567 g/mol. The molecule has 0 spiro atoms. The Balaban J connectivity index is 1.89. The molecule has 0 aliphatic carbocycles. The highest BCUT2D eigenvalue weighted by Crippen LogP contribution is 2.70. The zero-order valence-electron chi connectivity index (χ0n) is 18.2. The lowest BCUT2D eigenvalue weighted by Crippen LogP contribution is -2.34. The highest BCUT2D eigenvalue weighted by Gasteiger charge is 2.47. The molecule has 8 N–H and O–H groups in total. The van der Waals surface area contributed by atoms with Gasteiger partial charge >= 0.3 is 30.8 Å². The van der Waals surface area contributed by atoms with Crippen LogP contribution in [0.2, 0.25) is 0 Å². The maximum absolute atomic E-state index is 12.1. The zero-order valence-corrected chi connectivity index (χ0v) is 21.8. The monoisotopic (exact) mass is 594 g/mol. The SMILES string of the molecule is B[C@@H]1O[C@H](COP(=O)(O)OP(=O)(O)CP(=O)(O)OP(=O)(O)OCC2OC(C)C(O)C2O)C(O)C1O. The molecule has 18 nitrogen and oxygen atoms in total. The van der Waals surface area contributed by atoms with E-state index in [-0.39, 0.29) is 0 Å². The van der Waals surface area contributed by atoms with Gasteiger partial charge in [-0.15, -0.1) is 0 Å². The summed E-state index contributed by atoms with van der Waals surface area (Å²) in [5.41, 5.74) is 0. The molecular formula is C12H27BO18P4. The lowest BCUT2D eigenvalue weighted by atomic mass is 9.93. The largest absolute Gasteiger partial charge is 0.479 e. The van der Waals surface area contributed by atoms with Crippen molar-refractivity contribution < 1.29 is 85.4 Å². The van der Waals surface area contributed by atoms with Gasteiger partial charge in [-0.3, -0.25) is 18.2 Å². The Hall–Kier alpha value is 0.425. The van der Waals surface area contributed by atoms with Crippen molar-refractivity contribution in [3.8, 4) is 0 Å². The van der Waals surface area contributed by atoms with Crippen molar-refractivity contribution in [1.29, 1.82) is 0 Å². The normalized spacial score (nSPS) is 40.5. The van der Waals surface area contributed by atoms with Gasteiger partial charge in [0.25, 0.3) is 0 Å². The van der Waals surface area contributed by atoms with Crippen molar-refractivity contribution in [3.63, 3.8) is 0 Å². The van der Waals surface area contributed by atoms with Crippen LogP contribution in [0.5, 0.6) is 0 Å². The highest BCUT2D eigenvalue weighted by molar-refractivity contribution is 7.76. The minimum absolute atomic E-state index is 0.854. The van der Waals surface area contributed by atoms with Crippen LogP contribution in [0.25, 0.3) is 0 Å². The molecule has 10 unspecified atom stereocenters. The van der Waals surface area contributed by atoms with E-state index in [0.29, 0.717) is 0 Å². The third-order valence-electron chi connectivity index (χ3n) is 4.83. The lowest BCUT2D eigenvalue weighted by Gasteiger charge is -2.22. The minimum Gasteiger partial charge on any atom is -0.388 e. The molecule has 2 aliphatic rings. The van der Waals surface area contributed by atoms with Gasteiger partial charge in [-0.2, -0.15) is 0 Å². The van der Waals surface area contributed by atoms with E-state index < -0.39 is 98.7 Å². The first-order chi connectivity index (χ1) is 15.7. The van der Waals surface area contributed by atoms with Crippen LogP contribution in [0.4, 0.5) is 0 Å². The molecule has 2 heterocycles. The van der Waals surface area contributed by atoms with Crippen molar-refractivity contribution >= 4 is 38.7 Å². The predicted octanol–water partition coefficient (Wildman–Crippen LogP) is -2.83. The summed E-state index contributed by atoms with van der Waals surface area (Å²) in [7, 11) is -20.5. The molecule has 2 fully saturated rings. The smallest absolute Gasteiger partial charge is 0.388 e. The van der Waals surface area contributed by atoms with E-state index in [0.717, 1.165) is 0 Å². The van der Waals surface area contributed by atoms with E-state index >= 15 is 0 Å². The molecule has 2 saturated heterocycles. The van der Waals surface area contributed by atoms with Crippen molar-refractivity contribution in [2.45, 2.75) is 55.7 Å². The summed E-state index contributed by atoms with van der Waals surface area (Å²) < 4.78 is 75.0. The average Bonchev–Trinajstić information content (AvgIpc) is 3.06. The van der Waals surface area contributed by atoms with Gasteiger partial charge in [0, 0.05) is 0 Å². The number of hydrogen-bond acceptors (Lipinski definition) is 14. The van der Waals surface area contributed by atoms with Gasteiger partial charge in [-0.05, 0) is 6.92 Å². The maximum Gasteiger partial charge on any atom is 0.479 e. The Morgan fingerprint density at radius 1 is 0.714 bits per heavy atom. The Kier molecular flexibility index (Phi) is 10.5. The Morgan fingerprint density at radius 2 is 1.11 bits per heavy atom. The van der Waals surface area contributed by atoms with Crippen LogP contribution in [0.1, 0.15) is 6.92 Å². The van der Waals surface area contributed by atoms with E-state index in [2.05, 4.69) is 17.7 Å². The molecule has 206 valence electrons. The van der Waals surface area contributed by atoms with Gasteiger partial charge in [-0.1, -0.05) is 0 Å². The van der Waals surface area contributed by atoms with Gasteiger partial charge in [0.2, 0.25) is 0 Å². The molecule has 2 aliphatic heterocycles. The first kappa shape index (κ1) is 31.6. The molecule has 0 saturated carbocycles. The second-order valence-electron chi connectivity index (χ2n) is 7.83. The van der Waals surface area contributed by atoms with E-state index in [9.17, 15) is 58.3 Å². The Bertz CT molecular complexity index is 861. The van der Waals surface area contributed by atoms with Crippen LogP contribution in [0, 0.1) is 0 Å². The van der Waals surface area contributed by atoms with Crippen LogP contribution < -0.4 is 0 Å². The van der Waals surface area contributed by atoms with Gasteiger partial charge in [0.15, 0.2) is 5.90 Å². The first-order valence-corrected chi connectivity index (χ1v) is 16.3. The number of ether oxygens (including phenoxy) is 2. The first-order valence-electron chi connectivity index (χ1n) is 9.78. The number of phosphoric ester groups is 2. The Labute approximate surface area is 199 Å². The third kappa shape index (κ3) is 9.29. The molecule has 0 amide bonds. The van der Waals surface area contributed by atoms with Gasteiger partial charge < -0.3 is 49.5 Å². The van der Waals surface area contributed by atoms with Crippen LogP contribution in [-0.4, -0.2) is 116 Å². The van der Waals surface area contributed by atoms with E-state index in [1.807, 2.05) is 0 Å². The molecule has 23 heteroatoms. The standard InChI is InChI=1S/C12H27BO18P4/c1-5-8(14)9(15)6(28-5)2-26-34(22,23)30-32(18,19)4-33(20,21)31-35(24,25)27-3-7-10(16)11(17)12(13)29-7/h5-12,14-17H,2-4,13H2,1H3,(H,18,19)(H,20,21)(H,22,23)(H,24,25)/t5?,6?,7-,8?,9?,10?,11?,12-/m1/s1. The van der Waals surface area contributed by atoms with Crippen molar-refractivity contribution in [2.75, 3.05) is 19.1 Å². The van der Waals surface area contributed by atoms with Gasteiger partial charge in [0.05, 0.1) is 25.3 Å². The minimum atomic E-state index is -5.50. The molecule has 0 aromatic heterocycles. The summed E-state index contributed by atoms with van der Waals surface area (Å²) in [6.45, 7) is -0.378. The summed E-state index contributed by atoms with van der Waals surface area (Å²) in [6, 6.07) is -0.854. The number of rotatable bonds is 12. The number of phosphoric acid groups is 2. The average molecular weight is 594 g/mol. The van der Waals surface area contributed by atoms with E-state index in [4.69, 9.17) is 9.47 Å². The fourth-order valence-corrected chi connectivity index (χ4v) is 9.90. The number of aliphatic hydroxyl groups excluding tert-OH is 4. The molecule has 0 radical (unpaired) electrons. The van der Waals surface area contributed by atoms with Gasteiger partial charge in [0.1, 0.15) is 44.5 Å². The van der Waals surface area contributed by atoms with Crippen LogP contribution in [0.3, 0.4) is 0 Å². The predicted molar refractivity (Wildman–Crippen MR) is 114 cm³/mol. The summed E-state index contributed by atoms with van der Waals surface area (Å²) >= 11 is 0. The molecule has 2 rings (SSSR count).